The van der Waals surface area contributed by atoms with Crippen LogP contribution in [0, 0.1) is 5.92 Å². The lowest BCUT2D eigenvalue weighted by Crippen LogP contribution is -2.22. The molecule has 1 saturated heterocycles. The lowest BCUT2D eigenvalue weighted by atomic mass is 10.1. The average molecular weight is 233 g/mol. The van der Waals surface area contributed by atoms with Crippen molar-refractivity contribution in [3.05, 3.63) is 23.8 Å². The topological polar surface area (TPSA) is 58.4 Å². The van der Waals surface area contributed by atoms with Crippen molar-refractivity contribution in [2.24, 2.45) is 5.92 Å². The van der Waals surface area contributed by atoms with Crippen molar-refractivity contribution in [3.63, 3.8) is 0 Å². The Balaban J connectivity index is 2.29. The van der Waals surface area contributed by atoms with Gasteiger partial charge in [-0.2, -0.15) is 0 Å². The molecular formula is C13H19N3O. The zero-order chi connectivity index (χ0) is 12.4. The van der Waals surface area contributed by atoms with Crippen molar-refractivity contribution in [3.8, 4) is 0 Å². The first kappa shape index (κ1) is 11.8. The number of carbonyl (C=O) groups is 1. The molecule has 4 heteroatoms. The molecule has 0 radical (unpaired) electrons. The van der Waals surface area contributed by atoms with Crippen LogP contribution in [0.25, 0.3) is 0 Å². The van der Waals surface area contributed by atoms with Crippen molar-refractivity contribution >= 4 is 17.3 Å². The number of hydrogen-bond acceptors (Lipinski definition) is 3. The van der Waals surface area contributed by atoms with Crippen LogP contribution >= 0.6 is 0 Å². The number of nitrogens with one attached hydrogen (secondary N) is 1. The Morgan fingerprint density at radius 2 is 2.29 bits per heavy atom. The minimum absolute atomic E-state index is 0.0708. The van der Waals surface area contributed by atoms with E-state index in [0.29, 0.717) is 11.5 Å². The molecule has 1 aliphatic rings. The molecule has 0 spiro atoms. The SMILES string of the molecule is CNC(=O)c1ccc(N)c(N2CCC(C)C2)c1. The number of nitrogens with zero attached hydrogens (tertiary/aromatic N) is 1. The third-order valence-electron chi connectivity index (χ3n) is 3.28. The zero-order valence-corrected chi connectivity index (χ0v) is 10.4. The molecule has 1 amide bonds. The lowest BCUT2D eigenvalue weighted by Gasteiger charge is -2.20. The second-order valence-corrected chi connectivity index (χ2v) is 4.69. The van der Waals surface area contributed by atoms with Crippen LogP contribution in [-0.4, -0.2) is 26.0 Å². The molecule has 0 saturated carbocycles. The van der Waals surface area contributed by atoms with Crippen molar-refractivity contribution < 1.29 is 4.79 Å². The number of amides is 1. The zero-order valence-electron chi connectivity index (χ0n) is 10.4. The van der Waals surface area contributed by atoms with E-state index >= 15 is 0 Å². The summed E-state index contributed by atoms with van der Waals surface area (Å²) in [5.74, 6) is 0.622. The third-order valence-corrected chi connectivity index (χ3v) is 3.28. The summed E-state index contributed by atoms with van der Waals surface area (Å²) in [6.07, 6.45) is 1.18. The van der Waals surface area contributed by atoms with E-state index in [0.717, 1.165) is 24.5 Å². The summed E-state index contributed by atoms with van der Waals surface area (Å²) >= 11 is 0. The molecule has 1 aromatic carbocycles. The summed E-state index contributed by atoms with van der Waals surface area (Å²) in [5, 5.41) is 2.63. The standard InChI is InChI=1S/C13H19N3O/c1-9-5-6-16(8-9)12-7-10(13(17)15-2)3-4-11(12)14/h3-4,7,9H,5-6,8,14H2,1-2H3,(H,15,17). The van der Waals surface area contributed by atoms with Crippen LogP contribution in [-0.2, 0) is 0 Å². The van der Waals surface area contributed by atoms with Crippen molar-refractivity contribution in [2.45, 2.75) is 13.3 Å². The summed E-state index contributed by atoms with van der Waals surface area (Å²) in [7, 11) is 1.64. The van der Waals surface area contributed by atoms with Crippen LogP contribution < -0.4 is 16.0 Å². The van der Waals surface area contributed by atoms with Gasteiger partial charge in [0.05, 0.1) is 11.4 Å². The van der Waals surface area contributed by atoms with Crippen molar-refractivity contribution in [1.29, 1.82) is 0 Å². The van der Waals surface area contributed by atoms with Gasteiger partial charge in [0.1, 0.15) is 0 Å². The molecule has 0 bridgehead atoms. The van der Waals surface area contributed by atoms with E-state index in [1.54, 1.807) is 13.1 Å². The predicted octanol–water partition coefficient (Wildman–Crippen LogP) is 1.47. The van der Waals surface area contributed by atoms with Crippen molar-refractivity contribution in [2.75, 3.05) is 30.8 Å². The summed E-state index contributed by atoms with van der Waals surface area (Å²) in [5.41, 5.74) is 8.37. The van der Waals surface area contributed by atoms with Crippen molar-refractivity contribution in [1.82, 2.24) is 5.32 Å². The van der Waals surface area contributed by atoms with Gasteiger partial charge < -0.3 is 16.0 Å². The van der Waals surface area contributed by atoms with Gasteiger partial charge in [-0.1, -0.05) is 6.92 Å². The summed E-state index contributed by atoms with van der Waals surface area (Å²) in [6.45, 7) is 4.27. The number of benzene rings is 1. The molecule has 1 heterocycles. The Labute approximate surface area is 102 Å². The van der Waals surface area contributed by atoms with Crippen LogP contribution in [0.4, 0.5) is 11.4 Å². The maximum absolute atomic E-state index is 11.6. The van der Waals surface area contributed by atoms with E-state index in [1.807, 2.05) is 12.1 Å². The van der Waals surface area contributed by atoms with Gasteiger partial charge in [0.25, 0.3) is 5.91 Å². The number of anilines is 2. The van der Waals surface area contributed by atoms with Gasteiger partial charge >= 0.3 is 0 Å². The highest BCUT2D eigenvalue weighted by Gasteiger charge is 2.21. The highest BCUT2D eigenvalue weighted by atomic mass is 16.1. The Bertz CT molecular complexity index is 431. The normalized spacial score (nSPS) is 19.4. The molecule has 17 heavy (non-hydrogen) atoms. The predicted molar refractivity (Wildman–Crippen MR) is 70.2 cm³/mol. The highest BCUT2D eigenvalue weighted by molar-refractivity contribution is 5.96. The molecule has 3 N–H and O–H groups in total. The molecule has 1 aromatic rings. The smallest absolute Gasteiger partial charge is 0.251 e. The second-order valence-electron chi connectivity index (χ2n) is 4.69. The van der Waals surface area contributed by atoms with Crippen LogP contribution in [0.15, 0.2) is 18.2 Å². The molecule has 1 unspecified atom stereocenters. The van der Waals surface area contributed by atoms with E-state index in [4.69, 9.17) is 5.73 Å². The summed E-state index contributed by atoms with van der Waals surface area (Å²) in [6, 6.07) is 5.45. The Kier molecular flexibility index (Phi) is 3.22. The monoisotopic (exact) mass is 233 g/mol. The maximum Gasteiger partial charge on any atom is 0.251 e. The third kappa shape index (κ3) is 2.35. The largest absolute Gasteiger partial charge is 0.397 e. The van der Waals surface area contributed by atoms with Crippen LogP contribution in [0.2, 0.25) is 0 Å². The summed E-state index contributed by atoms with van der Waals surface area (Å²) in [4.78, 5) is 13.8. The fraction of sp³-hybridized carbons (Fsp3) is 0.462. The maximum atomic E-state index is 11.6. The average Bonchev–Trinajstić information content (AvgIpc) is 2.75. The van der Waals surface area contributed by atoms with Gasteiger partial charge in [-0.15, -0.1) is 0 Å². The van der Waals surface area contributed by atoms with Gasteiger partial charge in [-0.3, -0.25) is 4.79 Å². The molecule has 0 aliphatic carbocycles. The van der Waals surface area contributed by atoms with Gasteiger partial charge in [0.15, 0.2) is 0 Å². The second kappa shape index (κ2) is 4.65. The first-order chi connectivity index (χ1) is 8.11. The Hall–Kier alpha value is -1.71. The minimum atomic E-state index is -0.0708. The van der Waals surface area contributed by atoms with Gasteiger partial charge in [0.2, 0.25) is 0 Å². The van der Waals surface area contributed by atoms with E-state index in [-0.39, 0.29) is 5.91 Å². The quantitative estimate of drug-likeness (QED) is 0.761. The molecule has 1 fully saturated rings. The number of nitrogen functional groups attached to an aromatic ring is 1. The Morgan fingerprint density at radius 3 is 2.88 bits per heavy atom. The van der Waals surface area contributed by atoms with Gasteiger partial charge in [0, 0.05) is 25.7 Å². The van der Waals surface area contributed by atoms with E-state index in [2.05, 4.69) is 17.1 Å². The van der Waals surface area contributed by atoms with Crippen LogP contribution in [0.1, 0.15) is 23.7 Å². The van der Waals surface area contributed by atoms with Gasteiger partial charge in [-0.05, 0) is 30.5 Å². The number of hydrogen-bond donors (Lipinski definition) is 2. The minimum Gasteiger partial charge on any atom is -0.397 e. The highest BCUT2D eigenvalue weighted by Crippen LogP contribution is 2.29. The van der Waals surface area contributed by atoms with E-state index in [9.17, 15) is 4.79 Å². The number of nitrogens with two attached hydrogens (primary N) is 1. The fourth-order valence-electron chi connectivity index (χ4n) is 2.26. The number of carbonyl (C=O) groups excluding carboxylic acids is 1. The molecule has 4 nitrogen and oxygen atoms in total. The first-order valence-electron chi connectivity index (χ1n) is 5.98. The van der Waals surface area contributed by atoms with Crippen LogP contribution in [0.5, 0.6) is 0 Å². The molecule has 92 valence electrons. The number of rotatable bonds is 2. The van der Waals surface area contributed by atoms with Crippen LogP contribution in [0.3, 0.4) is 0 Å². The Morgan fingerprint density at radius 1 is 1.53 bits per heavy atom. The van der Waals surface area contributed by atoms with Gasteiger partial charge in [-0.25, -0.2) is 0 Å². The molecule has 2 rings (SSSR count). The molecule has 0 aromatic heterocycles. The summed E-state index contributed by atoms with van der Waals surface area (Å²) < 4.78 is 0. The van der Waals surface area contributed by atoms with E-state index in [1.165, 1.54) is 6.42 Å². The molecule has 1 aliphatic heterocycles. The van der Waals surface area contributed by atoms with E-state index < -0.39 is 0 Å². The first-order valence-corrected chi connectivity index (χ1v) is 5.98. The molecular weight excluding hydrogens is 214 g/mol. The molecule has 1 atom stereocenters. The fourth-order valence-corrected chi connectivity index (χ4v) is 2.26. The lowest BCUT2D eigenvalue weighted by molar-refractivity contribution is 0.0963.